The molecule has 1 saturated heterocycles. The van der Waals surface area contributed by atoms with E-state index >= 15 is 0 Å². The molecule has 0 bridgehead atoms. The van der Waals surface area contributed by atoms with Gasteiger partial charge in [-0.1, -0.05) is 48.5 Å². The molecule has 4 rings (SSSR count). The van der Waals surface area contributed by atoms with E-state index in [-0.39, 0.29) is 18.2 Å². The van der Waals surface area contributed by atoms with Gasteiger partial charge in [0, 0.05) is 31.2 Å². The van der Waals surface area contributed by atoms with Crippen molar-refractivity contribution < 1.29 is 9.59 Å². The number of carbonyl (C=O) groups excluding carboxylic acids is 2. The molecule has 0 saturated carbocycles. The molecule has 2 amide bonds. The first kappa shape index (κ1) is 18.7. The van der Waals surface area contributed by atoms with Crippen LogP contribution in [0.1, 0.15) is 12.0 Å². The summed E-state index contributed by atoms with van der Waals surface area (Å²) in [6.07, 6.45) is 0.127. The van der Waals surface area contributed by atoms with Gasteiger partial charge in [-0.05, 0) is 42.0 Å². The number of β-lactam (4-membered cyclic amide) rings is 1. The van der Waals surface area contributed by atoms with Crippen molar-refractivity contribution in [2.45, 2.75) is 12.0 Å². The minimum absolute atomic E-state index is 0.0731. The van der Waals surface area contributed by atoms with Crippen molar-refractivity contribution in [3.8, 4) is 0 Å². The molecule has 5 heteroatoms. The van der Waals surface area contributed by atoms with E-state index in [0.717, 1.165) is 11.3 Å². The molecule has 1 atom stereocenters. The van der Waals surface area contributed by atoms with Crippen molar-refractivity contribution in [3.05, 3.63) is 90.5 Å². The largest absolute Gasteiger partial charge is 0.378 e. The van der Waals surface area contributed by atoms with Crippen LogP contribution in [-0.4, -0.2) is 25.9 Å². The van der Waals surface area contributed by atoms with E-state index in [9.17, 15) is 9.59 Å². The maximum absolute atomic E-state index is 13.5. The molecule has 1 unspecified atom stereocenters. The predicted molar refractivity (Wildman–Crippen MR) is 116 cm³/mol. The number of para-hydroxylation sites is 2. The van der Waals surface area contributed by atoms with Gasteiger partial charge in [0.05, 0.1) is 6.42 Å². The van der Waals surface area contributed by atoms with Gasteiger partial charge in [0.25, 0.3) is 5.91 Å². The fourth-order valence-corrected chi connectivity index (χ4v) is 3.78. The number of amides is 2. The van der Waals surface area contributed by atoms with Gasteiger partial charge < -0.3 is 10.2 Å². The molecule has 146 valence electrons. The van der Waals surface area contributed by atoms with E-state index < -0.39 is 5.54 Å². The van der Waals surface area contributed by atoms with E-state index in [2.05, 4.69) is 5.32 Å². The van der Waals surface area contributed by atoms with Crippen LogP contribution in [0.25, 0.3) is 0 Å². The molecule has 0 radical (unpaired) electrons. The molecule has 1 N–H and O–H groups in total. The van der Waals surface area contributed by atoms with E-state index in [1.54, 1.807) is 4.90 Å². The number of nitrogens with zero attached hydrogens (tertiary/aromatic N) is 2. The quantitative estimate of drug-likeness (QED) is 0.675. The van der Waals surface area contributed by atoms with Crippen molar-refractivity contribution in [1.29, 1.82) is 0 Å². The van der Waals surface area contributed by atoms with E-state index in [0.29, 0.717) is 11.4 Å². The molecule has 3 aromatic rings. The van der Waals surface area contributed by atoms with Gasteiger partial charge in [0.2, 0.25) is 5.91 Å². The first-order valence-corrected chi connectivity index (χ1v) is 9.55. The van der Waals surface area contributed by atoms with Crippen molar-refractivity contribution in [1.82, 2.24) is 0 Å². The first-order chi connectivity index (χ1) is 14.0. The van der Waals surface area contributed by atoms with Crippen LogP contribution in [0.2, 0.25) is 0 Å². The molecule has 3 aromatic carbocycles. The summed E-state index contributed by atoms with van der Waals surface area (Å²) >= 11 is 0. The van der Waals surface area contributed by atoms with Gasteiger partial charge in [-0.25, -0.2) is 0 Å². The number of hydrogen-bond acceptors (Lipinski definition) is 3. The van der Waals surface area contributed by atoms with Gasteiger partial charge in [0.15, 0.2) is 5.54 Å². The summed E-state index contributed by atoms with van der Waals surface area (Å²) in [4.78, 5) is 29.8. The Morgan fingerprint density at radius 3 is 2.03 bits per heavy atom. The van der Waals surface area contributed by atoms with Gasteiger partial charge >= 0.3 is 0 Å². The molecular weight excluding hydrogens is 362 g/mol. The number of benzene rings is 3. The molecule has 1 aliphatic rings. The molecule has 29 heavy (non-hydrogen) atoms. The third-order valence-corrected chi connectivity index (χ3v) is 5.32. The fraction of sp³-hybridized carbons (Fsp3) is 0.167. The Bertz CT molecular complexity index is 1020. The van der Waals surface area contributed by atoms with Crippen LogP contribution in [-0.2, 0) is 15.1 Å². The van der Waals surface area contributed by atoms with Gasteiger partial charge in [-0.2, -0.15) is 0 Å². The van der Waals surface area contributed by atoms with Crippen LogP contribution in [0.4, 0.5) is 17.1 Å². The molecule has 1 aliphatic heterocycles. The van der Waals surface area contributed by atoms with Gasteiger partial charge in [-0.3, -0.25) is 14.5 Å². The number of rotatable bonds is 5. The second kappa shape index (κ2) is 7.43. The van der Waals surface area contributed by atoms with Crippen molar-refractivity contribution >= 4 is 28.9 Å². The normalized spacial score (nSPS) is 18.1. The van der Waals surface area contributed by atoms with Gasteiger partial charge in [-0.15, -0.1) is 0 Å². The monoisotopic (exact) mass is 385 g/mol. The summed E-state index contributed by atoms with van der Waals surface area (Å²) in [7, 11) is 3.94. The van der Waals surface area contributed by atoms with Gasteiger partial charge in [0.1, 0.15) is 0 Å². The van der Waals surface area contributed by atoms with Crippen molar-refractivity contribution in [2.24, 2.45) is 0 Å². The number of nitrogens with one attached hydrogen (secondary N) is 1. The zero-order valence-corrected chi connectivity index (χ0v) is 16.5. The lowest BCUT2D eigenvalue weighted by Gasteiger charge is -2.50. The molecule has 1 heterocycles. The smallest absolute Gasteiger partial charge is 0.255 e. The summed E-state index contributed by atoms with van der Waals surface area (Å²) in [5.74, 6) is -0.291. The topological polar surface area (TPSA) is 52.7 Å². The van der Waals surface area contributed by atoms with E-state index in [4.69, 9.17) is 0 Å². The summed E-state index contributed by atoms with van der Waals surface area (Å²) in [6.45, 7) is 0. The maximum Gasteiger partial charge on any atom is 0.255 e. The Hall–Kier alpha value is -3.60. The fourth-order valence-electron chi connectivity index (χ4n) is 3.78. The first-order valence-electron chi connectivity index (χ1n) is 9.55. The van der Waals surface area contributed by atoms with Crippen LogP contribution in [0.3, 0.4) is 0 Å². The predicted octanol–water partition coefficient (Wildman–Crippen LogP) is 4.02. The molecule has 1 fully saturated rings. The van der Waals surface area contributed by atoms with Crippen LogP contribution in [0.15, 0.2) is 84.9 Å². The molecule has 5 nitrogen and oxygen atoms in total. The SMILES string of the molecule is CN(C)c1ccc(C2(C(=O)Nc3ccccc3)CC(=O)N2c2ccccc2)cc1. The minimum Gasteiger partial charge on any atom is -0.378 e. The van der Waals surface area contributed by atoms with E-state index in [1.165, 1.54) is 0 Å². The van der Waals surface area contributed by atoms with Crippen molar-refractivity contribution in [3.63, 3.8) is 0 Å². The molecule has 0 aliphatic carbocycles. The summed E-state index contributed by atoms with van der Waals surface area (Å²) in [5.41, 5.74) is 2.15. The number of hydrogen-bond donors (Lipinski definition) is 1. The average Bonchev–Trinajstić information content (AvgIpc) is 2.73. The minimum atomic E-state index is -1.08. The highest BCUT2D eigenvalue weighted by molar-refractivity contribution is 6.17. The third kappa shape index (κ3) is 3.25. The standard InChI is InChI=1S/C24H23N3O2/c1-26(2)20-15-13-18(14-16-20)24(23(29)25-19-9-5-3-6-10-19)17-22(28)27(24)21-11-7-4-8-12-21/h3-16H,17H2,1-2H3,(H,25,29). The van der Waals surface area contributed by atoms with Crippen LogP contribution < -0.4 is 15.1 Å². The Balaban J connectivity index is 1.78. The Morgan fingerprint density at radius 1 is 0.897 bits per heavy atom. The zero-order chi connectivity index (χ0) is 20.4. The lowest BCUT2D eigenvalue weighted by atomic mass is 9.76. The average molecular weight is 385 g/mol. The maximum atomic E-state index is 13.5. The Labute approximate surface area is 170 Å². The van der Waals surface area contributed by atoms with Crippen LogP contribution in [0, 0.1) is 0 Å². The van der Waals surface area contributed by atoms with Crippen LogP contribution in [0.5, 0.6) is 0 Å². The Kier molecular flexibility index (Phi) is 4.80. The second-order valence-corrected chi connectivity index (χ2v) is 7.36. The second-order valence-electron chi connectivity index (χ2n) is 7.36. The highest BCUT2D eigenvalue weighted by Crippen LogP contribution is 2.46. The molecule has 0 aromatic heterocycles. The number of carbonyl (C=O) groups is 2. The lowest BCUT2D eigenvalue weighted by molar-refractivity contribution is -0.137. The summed E-state index contributed by atoms with van der Waals surface area (Å²) in [5, 5.41) is 3.00. The Morgan fingerprint density at radius 2 is 1.48 bits per heavy atom. The summed E-state index contributed by atoms with van der Waals surface area (Å²) in [6, 6.07) is 26.5. The molecular formula is C24H23N3O2. The number of anilines is 3. The van der Waals surface area contributed by atoms with E-state index in [1.807, 2.05) is 104 Å². The van der Waals surface area contributed by atoms with Crippen LogP contribution >= 0.6 is 0 Å². The summed E-state index contributed by atoms with van der Waals surface area (Å²) < 4.78 is 0. The lowest BCUT2D eigenvalue weighted by Crippen LogP contribution is -2.67. The highest BCUT2D eigenvalue weighted by atomic mass is 16.2. The van der Waals surface area contributed by atoms with Crippen molar-refractivity contribution in [2.75, 3.05) is 29.2 Å². The zero-order valence-electron chi connectivity index (χ0n) is 16.5. The highest BCUT2D eigenvalue weighted by Gasteiger charge is 2.58. The third-order valence-electron chi connectivity index (χ3n) is 5.32. The molecule has 0 spiro atoms.